The van der Waals surface area contributed by atoms with Crippen molar-refractivity contribution in [2.24, 2.45) is 5.92 Å². The summed E-state index contributed by atoms with van der Waals surface area (Å²) in [5.41, 5.74) is 1.78. The molecule has 200 valence electrons. The Morgan fingerprint density at radius 2 is 1.78 bits per heavy atom. The molecule has 0 saturated carbocycles. The molecule has 0 heterocycles. The third-order valence-electron chi connectivity index (χ3n) is 5.80. The molecule has 0 saturated heterocycles. The number of nitrogens with one attached hydrogen (secondary N) is 2. The number of rotatable bonds is 11. The van der Waals surface area contributed by atoms with Crippen LogP contribution in [0.1, 0.15) is 63.8 Å². The van der Waals surface area contributed by atoms with Gasteiger partial charge in [-0.15, -0.1) is 6.58 Å². The molecule has 0 radical (unpaired) electrons. The van der Waals surface area contributed by atoms with Crippen molar-refractivity contribution in [1.29, 1.82) is 0 Å². The molecule has 0 aliphatic heterocycles. The van der Waals surface area contributed by atoms with Crippen LogP contribution < -0.4 is 10.6 Å². The number of hydrogen-bond acceptors (Lipinski definition) is 6. The molecule has 0 aliphatic carbocycles. The van der Waals surface area contributed by atoms with E-state index in [9.17, 15) is 19.2 Å². The molecule has 0 fully saturated rings. The number of benzene rings is 1. The first-order chi connectivity index (χ1) is 16.7. The molecular formula is C27H41N3O6. The van der Waals surface area contributed by atoms with Gasteiger partial charge in [-0.1, -0.05) is 44.5 Å². The Hall–Kier alpha value is -3.36. The van der Waals surface area contributed by atoms with E-state index >= 15 is 0 Å². The number of esters is 1. The van der Waals surface area contributed by atoms with Crippen LogP contribution in [0.5, 0.6) is 0 Å². The highest BCUT2D eigenvalue weighted by Crippen LogP contribution is 2.26. The summed E-state index contributed by atoms with van der Waals surface area (Å²) < 4.78 is 10.0. The second-order valence-electron chi connectivity index (χ2n) is 9.83. The zero-order chi connectivity index (χ0) is 27.6. The van der Waals surface area contributed by atoms with Crippen LogP contribution in [0.2, 0.25) is 0 Å². The number of amides is 3. The summed E-state index contributed by atoms with van der Waals surface area (Å²) in [4.78, 5) is 53.0. The number of methoxy groups -OCH3 is 1. The molecule has 1 aromatic rings. The maximum atomic E-state index is 13.9. The van der Waals surface area contributed by atoms with Gasteiger partial charge in [0.15, 0.2) is 0 Å². The SMILES string of the molecule is C=CCN(C(=O)C(NC(=O)OC(C)(C)C)C(C)CC)C(C(=O)NCC(=O)OC)c1ccc(C)c(C)c1. The Labute approximate surface area is 214 Å². The van der Waals surface area contributed by atoms with Gasteiger partial charge in [-0.3, -0.25) is 14.4 Å². The molecule has 36 heavy (non-hydrogen) atoms. The van der Waals surface area contributed by atoms with Crippen molar-refractivity contribution >= 4 is 23.9 Å². The fourth-order valence-electron chi connectivity index (χ4n) is 3.49. The van der Waals surface area contributed by atoms with Gasteiger partial charge in [0.25, 0.3) is 0 Å². The number of carbonyl (C=O) groups is 4. The molecule has 0 aromatic heterocycles. The predicted octanol–water partition coefficient (Wildman–Crippen LogP) is 3.59. The first kappa shape index (κ1) is 30.7. The van der Waals surface area contributed by atoms with Crippen molar-refractivity contribution in [1.82, 2.24) is 15.5 Å². The zero-order valence-corrected chi connectivity index (χ0v) is 22.8. The number of alkyl carbamates (subject to hydrolysis) is 1. The lowest BCUT2D eigenvalue weighted by atomic mass is 9.94. The van der Waals surface area contributed by atoms with Crippen LogP contribution in [-0.2, 0) is 23.9 Å². The summed E-state index contributed by atoms with van der Waals surface area (Å²) in [7, 11) is 1.22. The molecule has 3 atom stereocenters. The number of aryl methyl sites for hydroxylation is 2. The van der Waals surface area contributed by atoms with Gasteiger partial charge in [0.2, 0.25) is 11.8 Å². The van der Waals surface area contributed by atoms with Crippen molar-refractivity contribution in [2.75, 3.05) is 20.2 Å². The molecule has 3 amide bonds. The Balaban J connectivity index is 3.50. The summed E-state index contributed by atoms with van der Waals surface area (Å²) in [6, 6.07) is 3.44. The molecule has 0 spiro atoms. The Bertz CT molecular complexity index is 953. The van der Waals surface area contributed by atoms with E-state index in [0.29, 0.717) is 12.0 Å². The van der Waals surface area contributed by atoms with E-state index in [1.54, 1.807) is 26.8 Å². The Morgan fingerprint density at radius 3 is 2.28 bits per heavy atom. The third-order valence-corrected chi connectivity index (χ3v) is 5.80. The average molecular weight is 504 g/mol. The second kappa shape index (κ2) is 13.7. The van der Waals surface area contributed by atoms with E-state index < -0.39 is 41.6 Å². The smallest absolute Gasteiger partial charge is 0.408 e. The molecule has 1 rings (SSSR count). The molecule has 1 aromatic carbocycles. The molecule has 9 nitrogen and oxygen atoms in total. The molecule has 9 heteroatoms. The van der Waals surface area contributed by atoms with Crippen LogP contribution in [0.3, 0.4) is 0 Å². The van der Waals surface area contributed by atoms with E-state index in [1.165, 1.54) is 18.1 Å². The van der Waals surface area contributed by atoms with Crippen LogP contribution in [0, 0.1) is 19.8 Å². The second-order valence-corrected chi connectivity index (χ2v) is 9.83. The van der Waals surface area contributed by atoms with Gasteiger partial charge in [-0.25, -0.2) is 4.79 Å². The minimum atomic E-state index is -1.08. The highest BCUT2D eigenvalue weighted by atomic mass is 16.6. The van der Waals surface area contributed by atoms with Gasteiger partial charge in [0.1, 0.15) is 24.2 Å². The largest absolute Gasteiger partial charge is 0.468 e. The predicted molar refractivity (Wildman–Crippen MR) is 138 cm³/mol. The van der Waals surface area contributed by atoms with Crippen molar-refractivity contribution in [2.45, 2.75) is 72.6 Å². The van der Waals surface area contributed by atoms with Crippen LogP contribution >= 0.6 is 0 Å². The van der Waals surface area contributed by atoms with E-state index in [2.05, 4.69) is 21.9 Å². The monoisotopic (exact) mass is 503 g/mol. The summed E-state index contributed by atoms with van der Waals surface area (Å²) in [6.45, 7) is 16.3. The minimum absolute atomic E-state index is 0.0327. The lowest BCUT2D eigenvalue weighted by Gasteiger charge is -2.35. The third kappa shape index (κ3) is 9.02. The first-order valence-corrected chi connectivity index (χ1v) is 12.1. The molecule has 3 unspecified atom stereocenters. The van der Waals surface area contributed by atoms with Gasteiger partial charge in [0.05, 0.1) is 7.11 Å². The van der Waals surface area contributed by atoms with E-state index in [4.69, 9.17) is 4.74 Å². The standard InChI is InChI=1S/C27H41N3O6/c1-10-14-30(25(33)22(17(3)11-2)29-26(34)36-27(6,7)8)23(24(32)28-16-21(31)35-9)20-13-12-18(4)19(5)15-20/h10,12-13,15,17,22-23H,1,11,14,16H2,2-9H3,(H,28,32)(H,29,34). The van der Waals surface area contributed by atoms with Crippen molar-refractivity contribution in [3.63, 3.8) is 0 Å². The quantitative estimate of drug-likeness (QED) is 0.352. The van der Waals surface area contributed by atoms with Gasteiger partial charge in [-0.2, -0.15) is 0 Å². The van der Waals surface area contributed by atoms with Gasteiger partial charge >= 0.3 is 12.1 Å². The molecule has 2 N–H and O–H groups in total. The summed E-state index contributed by atoms with van der Waals surface area (Å²) >= 11 is 0. The van der Waals surface area contributed by atoms with Crippen LogP contribution in [-0.4, -0.2) is 60.6 Å². The van der Waals surface area contributed by atoms with E-state index in [0.717, 1.165) is 11.1 Å². The highest BCUT2D eigenvalue weighted by Gasteiger charge is 2.37. The topological polar surface area (TPSA) is 114 Å². The average Bonchev–Trinajstić information content (AvgIpc) is 2.80. The molecule has 0 aliphatic rings. The highest BCUT2D eigenvalue weighted by molar-refractivity contribution is 5.93. The first-order valence-electron chi connectivity index (χ1n) is 12.1. The number of nitrogens with zero attached hydrogens (tertiary/aromatic N) is 1. The fraction of sp³-hybridized carbons (Fsp3) is 0.556. The summed E-state index contributed by atoms with van der Waals surface area (Å²) in [5, 5.41) is 5.26. The summed E-state index contributed by atoms with van der Waals surface area (Å²) in [6.07, 6.45) is 1.38. The van der Waals surface area contributed by atoms with Crippen LogP contribution in [0.4, 0.5) is 4.79 Å². The molecular weight excluding hydrogens is 462 g/mol. The normalized spacial score (nSPS) is 13.6. The van der Waals surface area contributed by atoms with Crippen molar-refractivity contribution in [3.8, 4) is 0 Å². The van der Waals surface area contributed by atoms with Crippen LogP contribution in [0.25, 0.3) is 0 Å². The Kier molecular flexibility index (Phi) is 11.6. The number of carbonyl (C=O) groups excluding carboxylic acids is 4. The van der Waals surface area contributed by atoms with Gasteiger partial charge in [-0.05, 0) is 57.2 Å². The lowest BCUT2D eigenvalue weighted by Crippen LogP contribution is -2.55. The minimum Gasteiger partial charge on any atom is -0.468 e. The van der Waals surface area contributed by atoms with Crippen molar-refractivity contribution < 1.29 is 28.7 Å². The lowest BCUT2D eigenvalue weighted by molar-refractivity contribution is -0.144. The van der Waals surface area contributed by atoms with E-state index in [1.807, 2.05) is 39.8 Å². The summed E-state index contributed by atoms with van der Waals surface area (Å²) in [5.74, 6) is -1.89. The van der Waals surface area contributed by atoms with E-state index in [-0.39, 0.29) is 19.0 Å². The maximum Gasteiger partial charge on any atom is 0.408 e. The van der Waals surface area contributed by atoms with Crippen LogP contribution in [0.15, 0.2) is 30.9 Å². The molecule has 0 bridgehead atoms. The Morgan fingerprint density at radius 1 is 1.14 bits per heavy atom. The zero-order valence-electron chi connectivity index (χ0n) is 22.8. The number of hydrogen-bond donors (Lipinski definition) is 2. The van der Waals surface area contributed by atoms with Gasteiger partial charge < -0.3 is 25.0 Å². The maximum absolute atomic E-state index is 13.9. The van der Waals surface area contributed by atoms with Gasteiger partial charge in [0, 0.05) is 6.54 Å². The van der Waals surface area contributed by atoms with Crippen molar-refractivity contribution in [3.05, 3.63) is 47.5 Å². The number of ether oxygens (including phenoxy) is 2. The fourth-order valence-corrected chi connectivity index (χ4v) is 3.49.